The first kappa shape index (κ1) is 28.5. The Bertz CT molecular complexity index is 449. The van der Waals surface area contributed by atoms with E-state index in [9.17, 15) is 0 Å². The number of benzene rings is 1. The maximum absolute atomic E-state index is 5.85. The van der Waals surface area contributed by atoms with Gasteiger partial charge in [0.25, 0.3) is 0 Å². The molecular formula is C26H48BrNO. The number of likely N-dealkylation sites (N-methyl/N-ethyl adjacent to an activating group) is 1. The van der Waals surface area contributed by atoms with Crippen LogP contribution in [0.15, 0.2) is 30.3 Å². The summed E-state index contributed by atoms with van der Waals surface area (Å²) >= 11 is 0. The highest BCUT2D eigenvalue weighted by Gasteiger charge is 2.14. The minimum atomic E-state index is 0. The van der Waals surface area contributed by atoms with Crippen molar-refractivity contribution < 1.29 is 26.2 Å². The molecule has 29 heavy (non-hydrogen) atoms. The second-order valence-corrected chi connectivity index (χ2v) is 9.14. The minimum absolute atomic E-state index is 0. The summed E-state index contributed by atoms with van der Waals surface area (Å²) in [6.45, 7) is 5.43. The van der Waals surface area contributed by atoms with Crippen molar-refractivity contribution in [2.24, 2.45) is 0 Å². The van der Waals surface area contributed by atoms with E-state index in [1.54, 1.807) is 0 Å². The molecule has 0 bridgehead atoms. The lowest BCUT2D eigenvalue weighted by Crippen LogP contribution is -3.00. The molecule has 0 heterocycles. The van der Waals surface area contributed by atoms with E-state index in [0.29, 0.717) is 0 Å². The fourth-order valence-electron chi connectivity index (χ4n) is 3.77. The number of unbranched alkanes of at least 4 members (excludes halogenated alkanes) is 13. The molecule has 0 aliphatic heterocycles. The van der Waals surface area contributed by atoms with Gasteiger partial charge in [-0.1, -0.05) is 102 Å². The van der Waals surface area contributed by atoms with E-state index in [-0.39, 0.29) is 17.0 Å². The highest BCUT2D eigenvalue weighted by atomic mass is 79.9. The molecule has 0 saturated heterocycles. The molecule has 0 aliphatic carbocycles. The average molecular weight is 471 g/mol. The van der Waals surface area contributed by atoms with Crippen LogP contribution in [0, 0.1) is 0 Å². The lowest BCUT2D eigenvalue weighted by molar-refractivity contribution is -0.890. The maximum Gasteiger partial charge on any atom is 0.137 e. The maximum atomic E-state index is 5.85. The van der Waals surface area contributed by atoms with Crippen LogP contribution >= 0.6 is 0 Å². The van der Waals surface area contributed by atoms with Gasteiger partial charge in [-0.2, -0.15) is 0 Å². The van der Waals surface area contributed by atoms with Gasteiger partial charge in [0.1, 0.15) is 18.9 Å². The number of nitrogens with zero attached hydrogens (tertiary/aromatic N) is 1. The van der Waals surface area contributed by atoms with Crippen molar-refractivity contribution in [3.05, 3.63) is 30.3 Å². The zero-order chi connectivity index (χ0) is 20.3. The van der Waals surface area contributed by atoms with Crippen molar-refractivity contribution in [1.82, 2.24) is 0 Å². The summed E-state index contributed by atoms with van der Waals surface area (Å²) in [5.41, 5.74) is 0. The fourth-order valence-corrected chi connectivity index (χ4v) is 3.77. The van der Waals surface area contributed by atoms with Crippen LogP contribution in [-0.2, 0) is 0 Å². The Hall–Kier alpha value is -0.540. The highest BCUT2D eigenvalue weighted by Crippen LogP contribution is 2.14. The van der Waals surface area contributed by atoms with Crippen LogP contribution in [0.1, 0.15) is 96.8 Å². The molecule has 2 nitrogen and oxygen atoms in total. The average Bonchev–Trinajstić information content (AvgIpc) is 2.69. The standard InChI is InChI=1S/C26H48NO.BrH/c1-4-5-6-7-8-9-10-11-12-13-14-15-16-20-23-27(2,3)24-25-28-26-21-18-17-19-22-26;/h17-19,21-22H,4-16,20,23-25H2,1-3H3;1H/q+1;/p-1. The van der Waals surface area contributed by atoms with Crippen molar-refractivity contribution in [1.29, 1.82) is 0 Å². The molecule has 0 N–H and O–H groups in total. The Morgan fingerprint density at radius 2 is 1.07 bits per heavy atom. The van der Waals surface area contributed by atoms with Gasteiger partial charge < -0.3 is 26.2 Å². The van der Waals surface area contributed by atoms with Gasteiger partial charge in [-0.15, -0.1) is 0 Å². The Morgan fingerprint density at radius 1 is 0.621 bits per heavy atom. The van der Waals surface area contributed by atoms with Crippen LogP contribution in [0.4, 0.5) is 0 Å². The number of ether oxygens (including phenoxy) is 1. The molecule has 0 amide bonds. The van der Waals surface area contributed by atoms with Crippen molar-refractivity contribution in [3.8, 4) is 5.75 Å². The number of rotatable bonds is 19. The first-order valence-corrected chi connectivity index (χ1v) is 12.1. The van der Waals surface area contributed by atoms with E-state index in [4.69, 9.17) is 4.74 Å². The zero-order valence-corrected chi connectivity index (χ0v) is 21.2. The van der Waals surface area contributed by atoms with Gasteiger partial charge in [0.05, 0.1) is 20.6 Å². The first-order valence-electron chi connectivity index (χ1n) is 12.1. The van der Waals surface area contributed by atoms with E-state index in [1.165, 1.54) is 96.4 Å². The van der Waals surface area contributed by atoms with Crippen LogP contribution in [-0.4, -0.2) is 38.3 Å². The number of halogens is 1. The molecule has 0 atom stereocenters. The quantitative estimate of drug-likeness (QED) is 0.212. The van der Waals surface area contributed by atoms with Gasteiger partial charge in [-0.05, 0) is 25.0 Å². The van der Waals surface area contributed by atoms with Crippen LogP contribution in [0.5, 0.6) is 5.75 Å². The summed E-state index contributed by atoms with van der Waals surface area (Å²) in [7, 11) is 4.66. The Morgan fingerprint density at radius 3 is 1.55 bits per heavy atom. The number of para-hydroxylation sites is 1. The van der Waals surface area contributed by atoms with Crippen molar-refractivity contribution in [2.75, 3.05) is 33.8 Å². The minimum Gasteiger partial charge on any atom is -1.00 e. The van der Waals surface area contributed by atoms with Gasteiger partial charge in [0.2, 0.25) is 0 Å². The molecule has 0 spiro atoms. The second-order valence-electron chi connectivity index (χ2n) is 9.14. The van der Waals surface area contributed by atoms with Gasteiger partial charge >= 0.3 is 0 Å². The Balaban J connectivity index is 0.00000784. The zero-order valence-electron chi connectivity index (χ0n) is 19.6. The van der Waals surface area contributed by atoms with Crippen LogP contribution in [0.3, 0.4) is 0 Å². The summed E-state index contributed by atoms with van der Waals surface area (Å²) in [4.78, 5) is 0. The normalized spacial score (nSPS) is 11.3. The van der Waals surface area contributed by atoms with Gasteiger partial charge in [-0.3, -0.25) is 0 Å². The number of hydrogen-bond donors (Lipinski definition) is 0. The number of hydrogen-bond acceptors (Lipinski definition) is 1. The van der Waals surface area contributed by atoms with Crippen LogP contribution in [0.25, 0.3) is 0 Å². The molecule has 0 saturated carbocycles. The largest absolute Gasteiger partial charge is 1.00 e. The van der Waals surface area contributed by atoms with Crippen LogP contribution in [0.2, 0.25) is 0 Å². The molecule has 170 valence electrons. The lowest BCUT2D eigenvalue weighted by Gasteiger charge is -2.29. The predicted octanol–water partition coefficient (Wildman–Crippen LogP) is 4.63. The predicted molar refractivity (Wildman–Crippen MR) is 124 cm³/mol. The van der Waals surface area contributed by atoms with Gasteiger partial charge in [-0.25, -0.2) is 0 Å². The van der Waals surface area contributed by atoms with E-state index >= 15 is 0 Å². The highest BCUT2D eigenvalue weighted by molar-refractivity contribution is 5.20. The summed E-state index contributed by atoms with van der Waals surface area (Å²) in [5.74, 6) is 0.985. The molecule has 0 aromatic heterocycles. The smallest absolute Gasteiger partial charge is 0.137 e. The molecule has 1 aromatic carbocycles. The third kappa shape index (κ3) is 18.0. The summed E-state index contributed by atoms with van der Waals surface area (Å²) in [5, 5.41) is 0. The summed E-state index contributed by atoms with van der Waals surface area (Å²) < 4.78 is 6.91. The second kappa shape index (κ2) is 19.4. The molecule has 0 aliphatic rings. The van der Waals surface area contributed by atoms with E-state index in [1.807, 2.05) is 30.3 Å². The molecule has 0 fully saturated rings. The monoisotopic (exact) mass is 469 g/mol. The SMILES string of the molecule is CCCCCCCCCCCCCCCC[N+](C)(C)CCOc1ccccc1.[Br-]. The molecule has 0 radical (unpaired) electrons. The van der Waals surface area contributed by atoms with E-state index in [2.05, 4.69) is 21.0 Å². The Labute approximate surface area is 192 Å². The fraction of sp³-hybridized carbons (Fsp3) is 0.769. The van der Waals surface area contributed by atoms with Crippen molar-refractivity contribution in [3.63, 3.8) is 0 Å². The summed E-state index contributed by atoms with van der Waals surface area (Å²) in [6, 6.07) is 10.2. The lowest BCUT2D eigenvalue weighted by atomic mass is 10.0. The molecule has 3 heteroatoms. The van der Waals surface area contributed by atoms with Crippen molar-refractivity contribution >= 4 is 0 Å². The first-order chi connectivity index (χ1) is 13.6. The van der Waals surface area contributed by atoms with Crippen molar-refractivity contribution in [2.45, 2.75) is 96.8 Å². The Kier molecular flexibility index (Phi) is 19.1. The van der Waals surface area contributed by atoms with Gasteiger partial charge in [0, 0.05) is 0 Å². The molecule has 1 aromatic rings. The van der Waals surface area contributed by atoms with Gasteiger partial charge in [0.15, 0.2) is 0 Å². The topological polar surface area (TPSA) is 9.23 Å². The van der Waals surface area contributed by atoms with E-state index < -0.39 is 0 Å². The van der Waals surface area contributed by atoms with Crippen LogP contribution < -0.4 is 21.7 Å². The molecular weight excluding hydrogens is 422 g/mol. The third-order valence-electron chi connectivity index (χ3n) is 5.83. The molecule has 1 rings (SSSR count). The third-order valence-corrected chi connectivity index (χ3v) is 5.83. The molecule has 0 unspecified atom stereocenters. The van der Waals surface area contributed by atoms with E-state index in [0.717, 1.165) is 23.4 Å². The summed E-state index contributed by atoms with van der Waals surface area (Å²) in [6.07, 6.45) is 20.0. The number of quaternary nitrogens is 1.